The molecule has 1 aromatic carbocycles. The molecule has 0 aliphatic carbocycles. The molecule has 0 radical (unpaired) electrons. The van der Waals surface area contributed by atoms with Crippen molar-refractivity contribution in [2.24, 2.45) is 11.3 Å². The lowest BCUT2D eigenvalue weighted by Gasteiger charge is -2.49. The first-order valence-electron chi connectivity index (χ1n) is 8.20. The zero-order chi connectivity index (χ0) is 16.4. The topological polar surface area (TPSA) is 27.7 Å². The van der Waals surface area contributed by atoms with Crippen LogP contribution in [0.3, 0.4) is 0 Å². The van der Waals surface area contributed by atoms with Crippen molar-refractivity contribution in [2.75, 3.05) is 13.7 Å². The molecule has 3 nitrogen and oxygen atoms in total. The fourth-order valence-electron chi connectivity index (χ4n) is 3.22. The summed E-state index contributed by atoms with van der Waals surface area (Å²) in [5.41, 5.74) is 1.34. The van der Waals surface area contributed by atoms with Gasteiger partial charge in [-0.25, -0.2) is 0 Å². The summed E-state index contributed by atoms with van der Waals surface area (Å²) in [7, 11) is 1.69. The zero-order valence-electron chi connectivity index (χ0n) is 14.8. The van der Waals surface area contributed by atoms with Gasteiger partial charge in [-0.1, -0.05) is 39.8 Å². The van der Waals surface area contributed by atoms with E-state index in [-0.39, 0.29) is 11.5 Å². The Morgan fingerprint density at radius 1 is 1.18 bits per heavy atom. The molecule has 2 rings (SSSR count). The lowest BCUT2D eigenvalue weighted by Crippen LogP contribution is -2.53. The summed E-state index contributed by atoms with van der Waals surface area (Å²) in [5, 5.41) is 0. The first kappa shape index (κ1) is 17.3. The van der Waals surface area contributed by atoms with Gasteiger partial charge in [-0.05, 0) is 37.0 Å². The smallest absolute Gasteiger partial charge is 0.166 e. The molecule has 1 fully saturated rings. The molecule has 2 atom stereocenters. The molecule has 1 aliphatic heterocycles. The number of aryl methyl sites for hydroxylation is 1. The van der Waals surface area contributed by atoms with E-state index >= 15 is 0 Å². The number of hydrogen-bond donors (Lipinski definition) is 0. The Bertz CT molecular complexity index is 478. The molecule has 0 aromatic heterocycles. The lowest BCUT2D eigenvalue weighted by molar-refractivity contribution is -0.330. The zero-order valence-corrected chi connectivity index (χ0v) is 14.8. The van der Waals surface area contributed by atoms with Gasteiger partial charge in [-0.15, -0.1) is 0 Å². The Kier molecular flexibility index (Phi) is 5.18. The van der Waals surface area contributed by atoms with Crippen LogP contribution >= 0.6 is 0 Å². The number of ether oxygens (including phenoxy) is 3. The van der Waals surface area contributed by atoms with E-state index in [9.17, 15) is 0 Å². The monoisotopic (exact) mass is 306 g/mol. The highest BCUT2D eigenvalue weighted by atomic mass is 16.7. The number of rotatable bonds is 5. The molecular weight excluding hydrogens is 276 g/mol. The SMILES string of the molecule is COc1ccc(CC[C@@]2(C)OCC(C)(C)[C@@H](C(C)C)O2)cc1. The second-order valence-corrected chi connectivity index (χ2v) is 7.54. The van der Waals surface area contributed by atoms with Crippen LogP contribution in [0.25, 0.3) is 0 Å². The summed E-state index contributed by atoms with van der Waals surface area (Å²) >= 11 is 0. The summed E-state index contributed by atoms with van der Waals surface area (Å²) in [6.07, 6.45) is 2.02. The van der Waals surface area contributed by atoms with Crippen LogP contribution in [0.1, 0.15) is 46.6 Å². The van der Waals surface area contributed by atoms with Gasteiger partial charge in [0.05, 0.1) is 19.8 Å². The highest BCUT2D eigenvalue weighted by Gasteiger charge is 2.44. The average molecular weight is 306 g/mol. The van der Waals surface area contributed by atoms with E-state index in [2.05, 4.69) is 46.8 Å². The molecule has 3 heteroatoms. The molecule has 1 aliphatic rings. The van der Waals surface area contributed by atoms with E-state index in [0.717, 1.165) is 25.2 Å². The molecule has 0 spiro atoms. The van der Waals surface area contributed by atoms with Crippen LogP contribution in [-0.2, 0) is 15.9 Å². The Balaban J connectivity index is 1.99. The molecule has 1 aromatic rings. The van der Waals surface area contributed by atoms with Gasteiger partial charge < -0.3 is 14.2 Å². The minimum absolute atomic E-state index is 0.0633. The van der Waals surface area contributed by atoms with Crippen LogP contribution in [0.15, 0.2) is 24.3 Å². The Hall–Kier alpha value is -1.06. The van der Waals surface area contributed by atoms with E-state index < -0.39 is 5.79 Å². The fraction of sp³-hybridized carbons (Fsp3) is 0.684. The maximum Gasteiger partial charge on any atom is 0.166 e. The van der Waals surface area contributed by atoms with Gasteiger partial charge in [-0.3, -0.25) is 0 Å². The largest absolute Gasteiger partial charge is 0.497 e. The molecule has 0 saturated carbocycles. The third kappa shape index (κ3) is 4.02. The Morgan fingerprint density at radius 2 is 1.82 bits per heavy atom. The van der Waals surface area contributed by atoms with Crippen LogP contribution in [0, 0.1) is 11.3 Å². The molecule has 22 heavy (non-hydrogen) atoms. The van der Waals surface area contributed by atoms with Crippen molar-refractivity contribution in [3.8, 4) is 5.75 Å². The van der Waals surface area contributed by atoms with Gasteiger partial charge in [0.2, 0.25) is 0 Å². The first-order chi connectivity index (χ1) is 10.3. The predicted octanol–water partition coefficient (Wildman–Crippen LogP) is 4.44. The molecule has 124 valence electrons. The van der Waals surface area contributed by atoms with Crippen LogP contribution in [0.2, 0.25) is 0 Å². The average Bonchev–Trinajstić information content (AvgIpc) is 2.48. The van der Waals surface area contributed by atoms with Crippen molar-refractivity contribution in [1.29, 1.82) is 0 Å². The van der Waals surface area contributed by atoms with Gasteiger partial charge in [-0.2, -0.15) is 0 Å². The van der Waals surface area contributed by atoms with Crippen molar-refractivity contribution in [1.82, 2.24) is 0 Å². The molecule has 0 amide bonds. The molecule has 0 unspecified atom stereocenters. The first-order valence-corrected chi connectivity index (χ1v) is 8.20. The van der Waals surface area contributed by atoms with Gasteiger partial charge in [0.25, 0.3) is 0 Å². The number of hydrogen-bond acceptors (Lipinski definition) is 3. The normalized spacial score (nSPS) is 27.9. The molecular formula is C19H30O3. The van der Waals surface area contributed by atoms with E-state index in [1.165, 1.54) is 5.56 Å². The van der Waals surface area contributed by atoms with Gasteiger partial charge >= 0.3 is 0 Å². The van der Waals surface area contributed by atoms with Crippen LogP contribution in [0.5, 0.6) is 5.75 Å². The summed E-state index contributed by atoms with van der Waals surface area (Å²) < 4.78 is 17.6. The van der Waals surface area contributed by atoms with E-state index in [1.54, 1.807) is 7.11 Å². The van der Waals surface area contributed by atoms with Crippen molar-refractivity contribution in [3.63, 3.8) is 0 Å². The predicted molar refractivity (Wildman–Crippen MR) is 89.2 cm³/mol. The third-order valence-electron chi connectivity index (χ3n) is 4.53. The third-order valence-corrected chi connectivity index (χ3v) is 4.53. The molecule has 0 bridgehead atoms. The summed E-state index contributed by atoms with van der Waals surface area (Å²) in [5.74, 6) is 0.880. The summed E-state index contributed by atoms with van der Waals surface area (Å²) in [4.78, 5) is 0. The van der Waals surface area contributed by atoms with Crippen molar-refractivity contribution in [2.45, 2.75) is 59.4 Å². The Morgan fingerprint density at radius 3 is 2.36 bits per heavy atom. The summed E-state index contributed by atoms with van der Waals surface area (Å²) in [6.45, 7) is 11.7. The van der Waals surface area contributed by atoms with Gasteiger partial charge in [0.15, 0.2) is 5.79 Å². The van der Waals surface area contributed by atoms with E-state index in [0.29, 0.717) is 5.92 Å². The van der Waals surface area contributed by atoms with Gasteiger partial charge in [0, 0.05) is 11.8 Å². The quantitative estimate of drug-likeness (QED) is 0.805. The summed E-state index contributed by atoms with van der Waals surface area (Å²) in [6, 6.07) is 8.21. The minimum Gasteiger partial charge on any atom is -0.497 e. The molecule has 1 heterocycles. The van der Waals surface area contributed by atoms with Gasteiger partial charge in [0.1, 0.15) is 5.75 Å². The van der Waals surface area contributed by atoms with E-state index in [4.69, 9.17) is 14.2 Å². The molecule has 0 N–H and O–H groups in total. The minimum atomic E-state index is -0.496. The van der Waals surface area contributed by atoms with Crippen LogP contribution < -0.4 is 4.74 Å². The second-order valence-electron chi connectivity index (χ2n) is 7.54. The highest BCUT2D eigenvalue weighted by molar-refractivity contribution is 5.27. The lowest BCUT2D eigenvalue weighted by atomic mass is 9.80. The molecule has 1 saturated heterocycles. The van der Waals surface area contributed by atoms with E-state index in [1.807, 2.05) is 12.1 Å². The van der Waals surface area contributed by atoms with Crippen molar-refractivity contribution >= 4 is 0 Å². The maximum atomic E-state index is 6.37. The second kappa shape index (κ2) is 6.59. The van der Waals surface area contributed by atoms with Crippen molar-refractivity contribution < 1.29 is 14.2 Å². The van der Waals surface area contributed by atoms with Crippen LogP contribution in [-0.4, -0.2) is 25.6 Å². The number of methoxy groups -OCH3 is 1. The number of benzene rings is 1. The Labute approximate surface area is 135 Å². The fourth-order valence-corrected chi connectivity index (χ4v) is 3.22. The highest BCUT2D eigenvalue weighted by Crippen LogP contribution is 2.40. The van der Waals surface area contributed by atoms with Crippen LogP contribution in [0.4, 0.5) is 0 Å². The van der Waals surface area contributed by atoms with Crippen molar-refractivity contribution in [3.05, 3.63) is 29.8 Å². The maximum absolute atomic E-state index is 6.37. The standard InChI is InChI=1S/C19H30O3/c1-14(2)17-18(3,4)13-21-19(5,22-17)12-11-15-7-9-16(20-6)10-8-15/h7-10,14,17H,11-13H2,1-6H3/t17-,19+/m1/s1.